The van der Waals surface area contributed by atoms with Crippen molar-refractivity contribution in [2.45, 2.75) is 6.54 Å². The zero-order valence-electron chi connectivity index (χ0n) is 15.8. The van der Waals surface area contributed by atoms with Crippen LogP contribution in [-0.2, 0) is 11.3 Å². The van der Waals surface area contributed by atoms with Gasteiger partial charge in [-0.2, -0.15) is 5.10 Å². The number of methoxy groups -OCH3 is 2. The van der Waals surface area contributed by atoms with Crippen molar-refractivity contribution in [2.75, 3.05) is 20.0 Å². The standard InChI is InChI=1S/C20H19BrN4O4/c1-28-17-8-5-14(21)9-13(17)10-23-19(26)12-3-6-15(7-4-12)25-18(22)16(11-24-25)20(27)29-2/h3-9,11H,10,22H2,1-2H3,(H,23,26). The summed E-state index contributed by atoms with van der Waals surface area (Å²) >= 11 is 3.41. The Kier molecular flexibility index (Phi) is 6.18. The number of carbonyl (C=O) groups is 2. The number of nitrogens with zero attached hydrogens (tertiary/aromatic N) is 2. The Balaban J connectivity index is 1.72. The number of amides is 1. The molecular weight excluding hydrogens is 440 g/mol. The monoisotopic (exact) mass is 458 g/mol. The number of carbonyl (C=O) groups excluding carboxylic acids is 2. The second-order valence-electron chi connectivity index (χ2n) is 6.03. The van der Waals surface area contributed by atoms with Crippen LogP contribution in [0.2, 0.25) is 0 Å². The lowest BCUT2D eigenvalue weighted by molar-refractivity contribution is 0.0601. The summed E-state index contributed by atoms with van der Waals surface area (Å²) in [5, 5.41) is 6.97. The molecule has 0 saturated carbocycles. The molecule has 0 atom stereocenters. The summed E-state index contributed by atoms with van der Waals surface area (Å²) in [6.45, 7) is 0.317. The molecule has 9 heteroatoms. The molecule has 0 saturated heterocycles. The van der Waals surface area contributed by atoms with Crippen LogP contribution in [-0.4, -0.2) is 35.9 Å². The third kappa shape index (κ3) is 4.40. The number of nitrogens with one attached hydrogen (secondary N) is 1. The van der Waals surface area contributed by atoms with E-state index < -0.39 is 5.97 Å². The summed E-state index contributed by atoms with van der Waals surface area (Å²) in [6, 6.07) is 12.3. The molecule has 0 aliphatic carbocycles. The van der Waals surface area contributed by atoms with E-state index in [2.05, 4.69) is 31.1 Å². The maximum absolute atomic E-state index is 12.5. The van der Waals surface area contributed by atoms with Crippen LogP contribution in [0.15, 0.2) is 53.1 Å². The lowest BCUT2D eigenvalue weighted by Gasteiger charge is -2.11. The van der Waals surface area contributed by atoms with Gasteiger partial charge in [0.25, 0.3) is 5.91 Å². The number of benzene rings is 2. The van der Waals surface area contributed by atoms with Crippen molar-refractivity contribution in [1.29, 1.82) is 0 Å². The second-order valence-corrected chi connectivity index (χ2v) is 6.95. The molecule has 0 aliphatic rings. The average molecular weight is 459 g/mol. The molecular formula is C20H19BrN4O4. The van der Waals surface area contributed by atoms with Crippen molar-refractivity contribution >= 4 is 33.6 Å². The van der Waals surface area contributed by atoms with Crippen LogP contribution in [0.5, 0.6) is 5.75 Å². The molecule has 0 spiro atoms. The minimum absolute atomic E-state index is 0.163. The normalized spacial score (nSPS) is 10.4. The first-order valence-electron chi connectivity index (χ1n) is 8.57. The molecule has 3 N–H and O–H groups in total. The average Bonchev–Trinajstić information content (AvgIpc) is 3.13. The predicted octanol–water partition coefficient (Wildman–Crippen LogP) is 2.94. The molecule has 3 rings (SSSR count). The Labute approximate surface area is 175 Å². The first kappa shape index (κ1) is 20.4. The van der Waals surface area contributed by atoms with E-state index in [1.807, 2.05) is 18.2 Å². The molecule has 1 aromatic heterocycles. The zero-order valence-corrected chi connectivity index (χ0v) is 17.4. The number of ether oxygens (including phenoxy) is 2. The van der Waals surface area contributed by atoms with E-state index in [1.54, 1.807) is 31.4 Å². The van der Waals surface area contributed by atoms with Gasteiger partial charge in [-0.25, -0.2) is 9.48 Å². The Morgan fingerprint density at radius 2 is 1.90 bits per heavy atom. The molecule has 150 valence electrons. The second kappa shape index (κ2) is 8.78. The summed E-state index contributed by atoms with van der Waals surface area (Å²) in [6.07, 6.45) is 1.34. The summed E-state index contributed by atoms with van der Waals surface area (Å²) in [5.74, 6) is 0.0604. The van der Waals surface area contributed by atoms with Crippen molar-refractivity contribution in [3.8, 4) is 11.4 Å². The quantitative estimate of drug-likeness (QED) is 0.549. The molecule has 0 bridgehead atoms. The number of esters is 1. The molecule has 29 heavy (non-hydrogen) atoms. The third-order valence-corrected chi connectivity index (χ3v) is 4.76. The van der Waals surface area contributed by atoms with Crippen LogP contribution >= 0.6 is 15.9 Å². The van der Waals surface area contributed by atoms with E-state index in [0.29, 0.717) is 23.5 Å². The largest absolute Gasteiger partial charge is 0.496 e. The molecule has 1 amide bonds. The maximum Gasteiger partial charge on any atom is 0.343 e. The van der Waals surface area contributed by atoms with Crippen LogP contribution < -0.4 is 15.8 Å². The Morgan fingerprint density at radius 1 is 1.17 bits per heavy atom. The number of nitrogens with two attached hydrogens (primary N) is 1. The minimum Gasteiger partial charge on any atom is -0.496 e. The SMILES string of the molecule is COC(=O)c1cnn(-c2ccc(C(=O)NCc3cc(Br)ccc3OC)cc2)c1N. The van der Waals surface area contributed by atoms with Gasteiger partial charge in [-0.05, 0) is 42.5 Å². The fraction of sp³-hybridized carbons (Fsp3) is 0.150. The molecule has 0 fully saturated rings. The smallest absolute Gasteiger partial charge is 0.343 e. The van der Waals surface area contributed by atoms with E-state index in [9.17, 15) is 9.59 Å². The molecule has 8 nitrogen and oxygen atoms in total. The van der Waals surface area contributed by atoms with Crippen LogP contribution in [0, 0.1) is 0 Å². The van der Waals surface area contributed by atoms with Gasteiger partial charge in [0.15, 0.2) is 0 Å². The van der Waals surface area contributed by atoms with E-state index in [-0.39, 0.29) is 17.3 Å². The predicted molar refractivity (Wildman–Crippen MR) is 111 cm³/mol. The summed E-state index contributed by atoms with van der Waals surface area (Å²) in [4.78, 5) is 24.1. The number of hydrogen-bond acceptors (Lipinski definition) is 6. The van der Waals surface area contributed by atoms with E-state index >= 15 is 0 Å². The van der Waals surface area contributed by atoms with Crippen molar-refractivity contribution in [3.63, 3.8) is 0 Å². The van der Waals surface area contributed by atoms with E-state index in [1.165, 1.54) is 18.0 Å². The summed E-state index contributed by atoms with van der Waals surface area (Å²) in [5.41, 5.74) is 8.08. The molecule has 3 aromatic rings. The van der Waals surface area contributed by atoms with Gasteiger partial charge in [0.1, 0.15) is 17.1 Å². The Hall–Kier alpha value is -3.33. The number of halogens is 1. The van der Waals surface area contributed by atoms with Crippen LogP contribution in [0.1, 0.15) is 26.3 Å². The first-order valence-corrected chi connectivity index (χ1v) is 9.36. The van der Waals surface area contributed by atoms with Gasteiger partial charge >= 0.3 is 5.97 Å². The molecule has 1 heterocycles. The highest BCUT2D eigenvalue weighted by atomic mass is 79.9. The van der Waals surface area contributed by atoms with E-state index in [0.717, 1.165) is 10.0 Å². The molecule has 0 aliphatic heterocycles. The Bertz CT molecular complexity index is 1050. The number of aromatic nitrogens is 2. The maximum atomic E-state index is 12.5. The third-order valence-electron chi connectivity index (χ3n) is 4.27. The van der Waals surface area contributed by atoms with Crippen molar-refractivity contribution in [2.24, 2.45) is 0 Å². The van der Waals surface area contributed by atoms with Gasteiger partial charge in [-0.1, -0.05) is 15.9 Å². The fourth-order valence-electron chi connectivity index (χ4n) is 2.75. The van der Waals surface area contributed by atoms with Crippen LogP contribution in [0.4, 0.5) is 5.82 Å². The highest BCUT2D eigenvalue weighted by Crippen LogP contribution is 2.23. The zero-order chi connectivity index (χ0) is 21.0. The van der Waals surface area contributed by atoms with Gasteiger partial charge in [0.05, 0.1) is 26.1 Å². The van der Waals surface area contributed by atoms with Crippen molar-refractivity contribution in [1.82, 2.24) is 15.1 Å². The van der Waals surface area contributed by atoms with Crippen molar-refractivity contribution in [3.05, 3.63) is 69.8 Å². The minimum atomic E-state index is -0.562. The highest BCUT2D eigenvalue weighted by Gasteiger charge is 2.16. The summed E-state index contributed by atoms with van der Waals surface area (Å²) < 4.78 is 12.3. The molecule has 0 unspecified atom stereocenters. The number of anilines is 1. The van der Waals surface area contributed by atoms with Gasteiger partial charge in [0.2, 0.25) is 0 Å². The first-order chi connectivity index (χ1) is 13.9. The summed E-state index contributed by atoms with van der Waals surface area (Å²) in [7, 11) is 2.86. The number of rotatable bonds is 6. The topological polar surface area (TPSA) is 108 Å². The van der Waals surface area contributed by atoms with Gasteiger partial charge in [-0.15, -0.1) is 0 Å². The lowest BCUT2D eigenvalue weighted by Crippen LogP contribution is -2.23. The number of nitrogen functional groups attached to an aromatic ring is 1. The van der Waals surface area contributed by atoms with Crippen LogP contribution in [0.3, 0.4) is 0 Å². The fourth-order valence-corrected chi connectivity index (χ4v) is 3.16. The lowest BCUT2D eigenvalue weighted by atomic mass is 10.1. The van der Waals surface area contributed by atoms with Gasteiger partial charge in [0, 0.05) is 22.1 Å². The molecule has 0 radical (unpaired) electrons. The number of hydrogen-bond donors (Lipinski definition) is 2. The van der Waals surface area contributed by atoms with Crippen molar-refractivity contribution < 1.29 is 19.1 Å². The highest BCUT2D eigenvalue weighted by molar-refractivity contribution is 9.10. The van der Waals surface area contributed by atoms with Gasteiger partial charge in [-0.3, -0.25) is 4.79 Å². The van der Waals surface area contributed by atoms with Gasteiger partial charge < -0.3 is 20.5 Å². The molecule has 2 aromatic carbocycles. The van der Waals surface area contributed by atoms with Crippen LogP contribution in [0.25, 0.3) is 5.69 Å². The van der Waals surface area contributed by atoms with E-state index in [4.69, 9.17) is 10.5 Å². The Morgan fingerprint density at radius 3 is 2.55 bits per heavy atom.